The first-order chi connectivity index (χ1) is 10.1. The van der Waals surface area contributed by atoms with Crippen LogP contribution >= 0.6 is 0 Å². The summed E-state index contributed by atoms with van der Waals surface area (Å²) in [7, 11) is 1.80. The van der Waals surface area contributed by atoms with Gasteiger partial charge in [0.05, 0.1) is 11.5 Å². The van der Waals surface area contributed by atoms with Gasteiger partial charge in [-0.15, -0.1) is 0 Å². The molecule has 2 aliphatic heterocycles. The quantitative estimate of drug-likeness (QED) is 0.862. The molecule has 1 saturated carbocycles. The van der Waals surface area contributed by atoms with Crippen LogP contribution in [0.3, 0.4) is 0 Å². The Kier molecular flexibility index (Phi) is 2.27. The number of carbonyl (C=O) groups is 1. The van der Waals surface area contributed by atoms with Gasteiger partial charge >= 0.3 is 0 Å². The fourth-order valence-corrected chi connectivity index (χ4v) is 3.53. The van der Waals surface area contributed by atoms with Crippen molar-refractivity contribution in [2.24, 2.45) is 0 Å². The standard InChI is InChI=1S/C16H14FN3O/c1-20-9(8-18)2-5-12(20)10-3-4-11-13(14(10)17)16(6-7-16)15(21)19-11/h2-4,12H,5-7H2,1H3,(H,19,21). The lowest BCUT2D eigenvalue weighted by molar-refractivity contribution is -0.117. The molecule has 1 N–H and O–H groups in total. The van der Waals surface area contributed by atoms with Crippen molar-refractivity contribution >= 4 is 11.6 Å². The first kappa shape index (κ1) is 12.4. The summed E-state index contributed by atoms with van der Waals surface area (Å²) in [6, 6.07) is 5.46. The molecule has 1 aliphatic carbocycles. The van der Waals surface area contributed by atoms with Crippen molar-refractivity contribution in [2.45, 2.75) is 30.7 Å². The molecular weight excluding hydrogens is 269 g/mol. The molecule has 3 aliphatic rings. The summed E-state index contributed by atoms with van der Waals surface area (Å²) in [6.45, 7) is 0. The number of rotatable bonds is 1. The van der Waals surface area contributed by atoms with Crippen LogP contribution in [0.1, 0.15) is 36.4 Å². The lowest BCUT2D eigenvalue weighted by Crippen LogP contribution is -2.21. The van der Waals surface area contributed by atoms with Crippen molar-refractivity contribution in [1.82, 2.24) is 4.90 Å². The molecule has 1 amide bonds. The van der Waals surface area contributed by atoms with Crippen molar-refractivity contribution in [1.29, 1.82) is 5.26 Å². The van der Waals surface area contributed by atoms with Gasteiger partial charge in [0.25, 0.3) is 0 Å². The van der Waals surface area contributed by atoms with E-state index >= 15 is 4.39 Å². The van der Waals surface area contributed by atoms with E-state index in [1.807, 2.05) is 6.08 Å². The maximum absolute atomic E-state index is 15.0. The molecule has 5 heteroatoms. The second kappa shape index (κ2) is 3.85. The lowest BCUT2D eigenvalue weighted by Gasteiger charge is -2.24. The highest BCUT2D eigenvalue weighted by Crippen LogP contribution is 2.57. The smallest absolute Gasteiger partial charge is 0.235 e. The van der Waals surface area contributed by atoms with Crippen molar-refractivity contribution in [2.75, 3.05) is 12.4 Å². The minimum Gasteiger partial charge on any atom is -0.359 e. The van der Waals surface area contributed by atoms with Gasteiger partial charge in [0.15, 0.2) is 0 Å². The van der Waals surface area contributed by atoms with Crippen LogP contribution in [-0.4, -0.2) is 17.9 Å². The first-order valence-electron chi connectivity index (χ1n) is 7.06. The van der Waals surface area contributed by atoms with Crippen molar-refractivity contribution in [3.05, 3.63) is 40.8 Å². The molecule has 4 rings (SSSR count). The number of anilines is 1. The Morgan fingerprint density at radius 1 is 1.48 bits per heavy atom. The Hall–Kier alpha value is -2.35. The molecule has 1 spiro atoms. The van der Waals surface area contributed by atoms with Crippen molar-refractivity contribution in [3.63, 3.8) is 0 Å². The Bertz CT molecular complexity index is 743. The molecule has 0 saturated heterocycles. The van der Waals surface area contributed by atoms with Crippen LogP contribution in [0.2, 0.25) is 0 Å². The minimum absolute atomic E-state index is 0.0795. The van der Waals surface area contributed by atoms with Crippen LogP contribution < -0.4 is 5.32 Å². The van der Waals surface area contributed by atoms with E-state index in [1.54, 1.807) is 24.1 Å². The zero-order valence-electron chi connectivity index (χ0n) is 11.6. The number of carbonyl (C=O) groups excluding carboxylic acids is 1. The number of hydrogen-bond donors (Lipinski definition) is 1. The van der Waals surface area contributed by atoms with Crippen LogP contribution in [0, 0.1) is 17.1 Å². The van der Waals surface area contributed by atoms with Crippen LogP contribution in [0.4, 0.5) is 10.1 Å². The number of benzene rings is 1. The summed E-state index contributed by atoms with van der Waals surface area (Å²) in [5, 5.41) is 11.8. The second-order valence-electron chi connectivity index (χ2n) is 5.99. The summed E-state index contributed by atoms with van der Waals surface area (Å²) in [6.07, 6.45) is 3.87. The zero-order valence-corrected chi connectivity index (χ0v) is 11.6. The van der Waals surface area contributed by atoms with E-state index in [0.717, 1.165) is 0 Å². The fraction of sp³-hybridized carbons (Fsp3) is 0.375. The molecule has 1 aromatic carbocycles. The molecule has 1 fully saturated rings. The molecular formula is C16H14FN3O. The van der Waals surface area contributed by atoms with E-state index < -0.39 is 5.41 Å². The topological polar surface area (TPSA) is 56.1 Å². The number of nitrogens with one attached hydrogen (secondary N) is 1. The predicted molar refractivity (Wildman–Crippen MR) is 74.8 cm³/mol. The van der Waals surface area contributed by atoms with Gasteiger partial charge in [-0.3, -0.25) is 4.79 Å². The molecule has 0 radical (unpaired) electrons. The van der Waals surface area contributed by atoms with Gasteiger partial charge in [0, 0.05) is 23.9 Å². The molecule has 0 bridgehead atoms. The van der Waals surface area contributed by atoms with E-state index in [4.69, 9.17) is 5.26 Å². The number of hydrogen-bond acceptors (Lipinski definition) is 3. The van der Waals surface area contributed by atoms with Crippen LogP contribution in [-0.2, 0) is 10.2 Å². The summed E-state index contributed by atoms with van der Waals surface area (Å²) in [4.78, 5) is 13.8. The summed E-state index contributed by atoms with van der Waals surface area (Å²) in [5.74, 6) is -0.364. The zero-order chi connectivity index (χ0) is 14.8. The van der Waals surface area contributed by atoms with Gasteiger partial charge in [-0.05, 0) is 31.4 Å². The van der Waals surface area contributed by atoms with Crippen molar-refractivity contribution in [3.8, 4) is 6.07 Å². The summed E-state index contributed by atoms with van der Waals surface area (Å²) < 4.78 is 15.0. The highest BCUT2D eigenvalue weighted by atomic mass is 19.1. The largest absolute Gasteiger partial charge is 0.359 e. The third-order valence-electron chi connectivity index (χ3n) is 4.94. The first-order valence-corrected chi connectivity index (χ1v) is 7.06. The average Bonchev–Trinajstić information content (AvgIpc) is 3.10. The SMILES string of the molecule is CN1C(C#N)=CCC1c1ccc2c(c1F)C1(CC1)C(=O)N2. The van der Waals surface area contributed by atoms with E-state index in [0.29, 0.717) is 41.8 Å². The third-order valence-corrected chi connectivity index (χ3v) is 4.94. The number of halogens is 1. The van der Waals surface area contributed by atoms with Gasteiger partial charge in [-0.25, -0.2) is 4.39 Å². The number of allylic oxidation sites excluding steroid dienone is 1. The fourth-order valence-electron chi connectivity index (χ4n) is 3.53. The van der Waals surface area contributed by atoms with Crippen molar-refractivity contribution < 1.29 is 9.18 Å². The molecule has 4 nitrogen and oxygen atoms in total. The van der Waals surface area contributed by atoms with E-state index in [-0.39, 0.29) is 17.8 Å². The van der Waals surface area contributed by atoms with Gasteiger partial charge in [-0.1, -0.05) is 6.07 Å². The number of amides is 1. The Morgan fingerprint density at radius 3 is 2.86 bits per heavy atom. The van der Waals surface area contributed by atoms with Crippen LogP contribution in [0.5, 0.6) is 0 Å². The normalized spacial score (nSPS) is 24.6. The van der Waals surface area contributed by atoms with E-state index in [2.05, 4.69) is 11.4 Å². The molecule has 1 aromatic rings. The molecule has 106 valence electrons. The number of nitriles is 1. The number of nitrogens with zero attached hydrogens (tertiary/aromatic N) is 2. The van der Waals surface area contributed by atoms with Gasteiger partial charge in [-0.2, -0.15) is 5.26 Å². The maximum Gasteiger partial charge on any atom is 0.235 e. The van der Waals surface area contributed by atoms with Gasteiger partial charge in [0.2, 0.25) is 5.91 Å². The molecule has 1 atom stereocenters. The van der Waals surface area contributed by atoms with Crippen LogP contribution in [0.15, 0.2) is 23.9 Å². The Labute approximate surface area is 121 Å². The Balaban J connectivity index is 1.79. The number of fused-ring (bicyclic) bond motifs is 2. The molecule has 0 aromatic heterocycles. The van der Waals surface area contributed by atoms with E-state index in [1.165, 1.54) is 0 Å². The Morgan fingerprint density at radius 2 is 2.24 bits per heavy atom. The maximum atomic E-state index is 15.0. The minimum atomic E-state index is -0.627. The summed E-state index contributed by atoms with van der Waals surface area (Å²) in [5.41, 5.74) is 1.64. The average molecular weight is 283 g/mol. The molecule has 21 heavy (non-hydrogen) atoms. The van der Waals surface area contributed by atoms with Gasteiger partial charge in [0.1, 0.15) is 17.6 Å². The molecule has 2 heterocycles. The third kappa shape index (κ3) is 1.45. The lowest BCUT2D eigenvalue weighted by atomic mass is 9.92. The molecule has 1 unspecified atom stereocenters. The van der Waals surface area contributed by atoms with Gasteiger partial charge < -0.3 is 10.2 Å². The highest BCUT2D eigenvalue weighted by Gasteiger charge is 2.58. The van der Waals surface area contributed by atoms with E-state index in [9.17, 15) is 4.79 Å². The highest BCUT2D eigenvalue weighted by molar-refractivity contribution is 6.08. The predicted octanol–water partition coefficient (Wildman–Crippen LogP) is 2.59. The second-order valence-corrected chi connectivity index (χ2v) is 5.99. The monoisotopic (exact) mass is 283 g/mol. The summed E-state index contributed by atoms with van der Waals surface area (Å²) >= 11 is 0. The van der Waals surface area contributed by atoms with Crippen LogP contribution in [0.25, 0.3) is 0 Å².